The Hall–Kier alpha value is -0.400. The van der Waals surface area contributed by atoms with Crippen molar-refractivity contribution in [1.29, 1.82) is 0 Å². The third-order valence-corrected chi connectivity index (χ3v) is 5.30. The topological polar surface area (TPSA) is 147 Å². The highest BCUT2D eigenvalue weighted by Gasteiger charge is 2.61. The van der Waals surface area contributed by atoms with Gasteiger partial charge >= 0.3 is 0 Å². The second kappa shape index (κ2) is 9.46. The van der Waals surface area contributed by atoms with Crippen molar-refractivity contribution in [3.63, 3.8) is 0 Å². The van der Waals surface area contributed by atoms with Crippen LogP contribution in [0.4, 0.5) is 0 Å². The second-order valence-electron chi connectivity index (χ2n) is 10.3. The summed E-state index contributed by atoms with van der Waals surface area (Å²) in [6, 6.07) is 0. The summed E-state index contributed by atoms with van der Waals surface area (Å²) in [5.41, 5.74) is -1.40. The molecule has 0 saturated carbocycles. The van der Waals surface area contributed by atoms with Crippen molar-refractivity contribution in [2.75, 3.05) is 19.8 Å². The fourth-order valence-corrected chi connectivity index (χ4v) is 3.76. The van der Waals surface area contributed by atoms with Crippen molar-refractivity contribution in [2.45, 2.75) is 114 Å². The highest BCUT2D eigenvalue weighted by molar-refractivity contribution is 5.01. The maximum atomic E-state index is 10.8. The van der Waals surface area contributed by atoms with Crippen LogP contribution in [0.2, 0.25) is 0 Å². The number of hydrogen-bond donors (Lipinski definition) is 5. The van der Waals surface area contributed by atoms with Gasteiger partial charge in [-0.15, -0.1) is 0 Å². The van der Waals surface area contributed by atoms with Crippen molar-refractivity contribution in [3.05, 3.63) is 0 Å². The third-order valence-electron chi connectivity index (χ3n) is 5.30. The molecule has 0 spiro atoms. The average Bonchev–Trinajstić information content (AvgIpc) is 3.04. The minimum Gasteiger partial charge on any atom is -0.394 e. The highest BCUT2D eigenvalue weighted by atomic mass is 16.8. The smallest absolute Gasteiger partial charge is 0.222 e. The van der Waals surface area contributed by atoms with Crippen molar-refractivity contribution in [2.24, 2.45) is 0 Å². The first-order valence-electron chi connectivity index (χ1n) is 10.8. The predicted octanol–water partition coefficient (Wildman–Crippen LogP) is -0.331. The van der Waals surface area contributed by atoms with Crippen molar-refractivity contribution in [1.82, 2.24) is 0 Å². The lowest BCUT2D eigenvalue weighted by atomic mass is 10.0. The van der Waals surface area contributed by atoms with Gasteiger partial charge in [0.15, 0.2) is 0 Å². The van der Waals surface area contributed by atoms with E-state index in [1.165, 1.54) is 0 Å². The summed E-state index contributed by atoms with van der Waals surface area (Å²) < 4.78 is 29.4. The Kier molecular flexibility index (Phi) is 8.19. The van der Waals surface area contributed by atoms with E-state index in [4.69, 9.17) is 23.7 Å². The number of aliphatic hydroxyl groups is 5. The molecule has 0 aliphatic carbocycles. The Labute approximate surface area is 184 Å². The van der Waals surface area contributed by atoms with E-state index in [1.807, 2.05) is 20.8 Å². The molecule has 0 aromatic rings. The van der Waals surface area contributed by atoms with Gasteiger partial charge < -0.3 is 49.2 Å². The molecule has 2 aliphatic rings. The molecule has 10 nitrogen and oxygen atoms in total. The van der Waals surface area contributed by atoms with Crippen LogP contribution in [0.25, 0.3) is 0 Å². The first-order valence-corrected chi connectivity index (χ1v) is 10.8. The van der Waals surface area contributed by atoms with Crippen molar-refractivity contribution >= 4 is 0 Å². The molecule has 4 unspecified atom stereocenters. The summed E-state index contributed by atoms with van der Waals surface area (Å²) in [6.07, 6.45) is -6.97. The van der Waals surface area contributed by atoms with Crippen LogP contribution in [0.3, 0.4) is 0 Å². The van der Waals surface area contributed by atoms with Gasteiger partial charge in [-0.1, -0.05) is 6.92 Å². The van der Waals surface area contributed by atoms with E-state index in [0.29, 0.717) is 6.42 Å². The molecule has 8 atom stereocenters. The van der Waals surface area contributed by atoms with Crippen molar-refractivity contribution in [3.8, 4) is 0 Å². The molecule has 0 bridgehead atoms. The molecule has 2 rings (SSSR count). The first kappa shape index (κ1) is 26.8. The molecule has 0 amide bonds. The Balaban J connectivity index is 2.34. The van der Waals surface area contributed by atoms with E-state index in [1.54, 1.807) is 27.7 Å². The second-order valence-corrected chi connectivity index (χ2v) is 10.3. The molecule has 5 N–H and O–H groups in total. The first-order chi connectivity index (χ1) is 14.1. The van der Waals surface area contributed by atoms with Gasteiger partial charge in [0.25, 0.3) is 0 Å². The van der Waals surface area contributed by atoms with Gasteiger partial charge in [-0.25, -0.2) is 0 Å². The lowest BCUT2D eigenvalue weighted by Crippen LogP contribution is -2.58. The maximum absolute atomic E-state index is 10.8. The summed E-state index contributed by atoms with van der Waals surface area (Å²) in [7, 11) is 0. The maximum Gasteiger partial charge on any atom is 0.222 e. The van der Waals surface area contributed by atoms with Crippen LogP contribution in [0.15, 0.2) is 0 Å². The molecule has 2 saturated heterocycles. The fraction of sp³-hybridized carbons (Fsp3) is 1.00. The van der Waals surface area contributed by atoms with E-state index in [9.17, 15) is 25.5 Å². The summed E-state index contributed by atoms with van der Waals surface area (Å²) in [5, 5.41) is 51.8. The van der Waals surface area contributed by atoms with Gasteiger partial charge in [-0.3, -0.25) is 0 Å². The zero-order chi connectivity index (χ0) is 23.8. The van der Waals surface area contributed by atoms with Gasteiger partial charge in [0.05, 0.1) is 23.9 Å². The van der Waals surface area contributed by atoms with Gasteiger partial charge in [0, 0.05) is 0 Å². The van der Waals surface area contributed by atoms with Crippen molar-refractivity contribution < 1.29 is 49.2 Å². The van der Waals surface area contributed by atoms with Gasteiger partial charge in [-0.05, 0) is 48.0 Å². The third kappa shape index (κ3) is 5.94. The SMILES string of the molecule is CC[C@H]1O[C@@](COC(C)(C)C)(OC[C@@]2(OC(C)(C)C)O[C@H](CO)C(O)C2O)C(O)C1O. The van der Waals surface area contributed by atoms with E-state index < -0.39 is 72.6 Å². The standard InChI is InChI=1S/C21H40O10/c1-8-12-14(23)16(25)20(29-12,10-27-18(2,3)4)28-11-21(31-19(5,6)7)17(26)15(24)13(9-22)30-21/h12-17,22-26H,8-11H2,1-7H3/t12-,13-,14?,15?,16?,17?,20-,21+/m1/s1. The Morgan fingerprint density at radius 2 is 1.29 bits per heavy atom. The predicted molar refractivity (Wildman–Crippen MR) is 109 cm³/mol. The molecule has 10 heteroatoms. The van der Waals surface area contributed by atoms with Crippen LogP contribution < -0.4 is 0 Å². The number of aliphatic hydroxyl groups excluding tert-OH is 5. The van der Waals surface area contributed by atoms with Gasteiger partial charge in [0.1, 0.15) is 43.7 Å². The summed E-state index contributed by atoms with van der Waals surface area (Å²) in [6.45, 7) is 11.3. The largest absolute Gasteiger partial charge is 0.394 e. The average molecular weight is 453 g/mol. The quantitative estimate of drug-likeness (QED) is 0.332. The van der Waals surface area contributed by atoms with Gasteiger partial charge in [-0.2, -0.15) is 0 Å². The molecule has 2 heterocycles. The zero-order valence-corrected chi connectivity index (χ0v) is 19.6. The van der Waals surface area contributed by atoms with E-state index in [-0.39, 0.29) is 6.61 Å². The van der Waals surface area contributed by atoms with Crippen LogP contribution in [0, 0.1) is 0 Å². The van der Waals surface area contributed by atoms with E-state index in [0.717, 1.165) is 0 Å². The lowest BCUT2D eigenvalue weighted by Gasteiger charge is -2.41. The lowest BCUT2D eigenvalue weighted by molar-refractivity contribution is -0.359. The number of ether oxygens (including phenoxy) is 5. The number of hydrogen-bond acceptors (Lipinski definition) is 10. The monoisotopic (exact) mass is 452 g/mol. The fourth-order valence-electron chi connectivity index (χ4n) is 3.76. The van der Waals surface area contributed by atoms with Crippen LogP contribution in [0.5, 0.6) is 0 Å². The molecule has 31 heavy (non-hydrogen) atoms. The minimum atomic E-state index is -1.85. The van der Waals surface area contributed by atoms with Crippen LogP contribution in [-0.4, -0.2) is 105 Å². The van der Waals surface area contributed by atoms with Gasteiger partial charge in [0.2, 0.25) is 11.6 Å². The molecular weight excluding hydrogens is 412 g/mol. The van der Waals surface area contributed by atoms with E-state index in [2.05, 4.69) is 0 Å². The molecule has 2 aliphatic heterocycles. The minimum absolute atomic E-state index is 0.209. The summed E-state index contributed by atoms with van der Waals surface area (Å²) in [4.78, 5) is 0. The zero-order valence-electron chi connectivity index (χ0n) is 19.6. The molecule has 0 aromatic carbocycles. The Morgan fingerprint density at radius 3 is 1.71 bits per heavy atom. The highest BCUT2D eigenvalue weighted by Crippen LogP contribution is 2.40. The molecule has 0 aromatic heterocycles. The molecule has 2 fully saturated rings. The van der Waals surface area contributed by atoms with E-state index >= 15 is 0 Å². The summed E-state index contributed by atoms with van der Waals surface area (Å²) >= 11 is 0. The van der Waals surface area contributed by atoms with Crippen LogP contribution >= 0.6 is 0 Å². The molecule has 184 valence electrons. The summed E-state index contributed by atoms with van der Waals surface area (Å²) in [5.74, 6) is -3.61. The molecular formula is C21H40O10. The van der Waals surface area contributed by atoms with Crippen LogP contribution in [-0.2, 0) is 23.7 Å². The Bertz CT molecular complexity index is 588. The normalized spacial score (nSPS) is 41.8. The van der Waals surface area contributed by atoms with Crippen LogP contribution in [0.1, 0.15) is 54.9 Å². The molecule has 0 radical (unpaired) electrons. The number of rotatable bonds is 8. The Morgan fingerprint density at radius 1 is 0.774 bits per heavy atom.